The summed E-state index contributed by atoms with van der Waals surface area (Å²) in [6.45, 7) is 17.2. The average molecular weight is 987 g/mol. The van der Waals surface area contributed by atoms with Crippen molar-refractivity contribution in [2.24, 2.45) is 17.8 Å². The van der Waals surface area contributed by atoms with Crippen molar-refractivity contribution in [3.63, 3.8) is 0 Å². The summed E-state index contributed by atoms with van der Waals surface area (Å²) in [5.74, 6) is -3.17. The third kappa shape index (κ3) is 13.4. The van der Waals surface area contributed by atoms with Crippen molar-refractivity contribution in [2.75, 3.05) is 21.2 Å². The first-order valence-corrected chi connectivity index (χ1v) is 24.9. The molecule has 2 heterocycles. The molecule has 1 amide bonds. The standard InChI is InChI=1S/C53H82N2O15/c1-14-41-53(10,62)45(57)36(7)54(11)31(2)28-51(8,61)46(34(5)42(35(6)47(58)68-41)67-40-25-26-52(9,63-13)44(56)33(40)4)70-48-43(69-50(60)65-30-38-23-19-16-20-24-38)39(27-32(3)66-48)55(12)49(59)64-29-37-21-17-15-18-22-37/h15-24,31-36,39-46,48,56-57,61-62H,14,25-30H2,1-13H3/t31-,32-,33+,34+,35-,36-,39-,40-,41-,42+,43-,44-,45-,46-,48+,51-,52+,53-/m1/s1. The number of hydrogen-bond acceptors (Lipinski definition) is 16. The number of nitrogens with zero attached hydrogens (tertiary/aromatic N) is 2. The second-order valence-electron chi connectivity index (χ2n) is 20.9. The Labute approximate surface area is 415 Å². The molecule has 4 N–H and O–H groups in total. The molecule has 2 aromatic rings. The predicted octanol–water partition coefficient (Wildman–Crippen LogP) is 6.38. The van der Waals surface area contributed by atoms with Gasteiger partial charge in [0, 0.05) is 38.1 Å². The highest BCUT2D eigenvalue weighted by molar-refractivity contribution is 5.73. The quantitative estimate of drug-likeness (QED) is 0.134. The van der Waals surface area contributed by atoms with Crippen LogP contribution >= 0.6 is 0 Å². The molecule has 18 atom stereocenters. The molecule has 2 aromatic carbocycles. The molecule has 3 fully saturated rings. The number of benzene rings is 2. The molecule has 0 bridgehead atoms. The maximum Gasteiger partial charge on any atom is 0.509 e. The van der Waals surface area contributed by atoms with Crippen molar-refractivity contribution in [1.29, 1.82) is 0 Å². The molecule has 1 aliphatic carbocycles. The molecule has 2 saturated heterocycles. The Morgan fingerprint density at radius 2 is 1.43 bits per heavy atom. The lowest BCUT2D eigenvalue weighted by Gasteiger charge is -2.50. The van der Waals surface area contributed by atoms with Crippen LogP contribution in [0.2, 0.25) is 0 Å². The summed E-state index contributed by atoms with van der Waals surface area (Å²) in [5.41, 5.74) is -3.05. The maximum atomic E-state index is 14.6. The highest BCUT2D eigenvalue weighted by Gasteiger charge is 2.54. The Hall–Kier alpha value is -3.91. The molecule has 17 heteroatoms. The van der Waals surface area contributed by atoms with Crippen LogP contribution in [0.15, 0.2) is 60.7 Å². The van der Waals surface area contributed by atoms with Gasteiger partial charge >= 0.3 is 18.2 Å². The van der Waals surface area contributed by atoms with Gasteiger partial charge in [-0.1, -0.05) is 81.4 Å². The summed E-state index contributed by atoms with van der Waals surface area (Å²) < 4.78 is 50.0. The van der Waals surface area contributed by atoms with E-state index >= 15 is 0 Å². The molecule has 1 saturated carbocycles. The first kappa shape index (κ1) is 57.0. The van der Waals surface area contributed by atoms with Crippen molar-refractivity contribution in [1.82, 2.24) is 9.80 Å². The third-order valence-corrected chi connectivity index (χ3v) is 15.6. The molecule has 0 radical (unpaired) electrons. The summed E-state index contributed by atoms with van der Waals surface area (Å²) in [7, 11) is 4.87. The van der Waals surface area contributed by atoms with Gasteiger partial charge < -0.3 is 63.2 Å². The third-order valence-electron chi connectivity index (χ3n) is 15.6. The minimum atomic E-state index is -1.88. The minimum absolute atomic E-state index is 0.0159. The Kier molecular flexibility index (Phi) is 19.7. The first-order chi connectivity index (χ1) is 32.9. The number of carbonyl (C=O) groups is 3. The summed E-state index contributed by atoms with van der Waals surface area (Å²) >= 11 is 0. The van der Waals surface area contributed by atoms with Crippen LogP contribution in [-0.4, -0.2) is 160 Å². The molecule has 70 heavy (non-hydrogen) atoms. The van der Waals surface area contributed by atoms with Crippen molar-refractivity contribution < 1.29 is 72.7 Å². The Balaban J connectivity index is 1.60. The molecule has 5 rings (SSSR count). The van der Waals surface area contributed by atoms with Crippen molar-refractivity contribution in [2.45, 2.75) is 205 Å². The van der Waals surface area contributed by atoms with Gasteiger partial charge in [-0.15, -0.1) is 0 Å². The number of aliphatic hydroxyl groups excluding tert-OH is 2. The first-order valence-electron chi connectivity index (χ1n) is 24.9. The highest BCUT2D eigenvalue weighted by Crippen LogP contribution is 2.42. The van der Waals surface area contributed by atoms with E-state index in [0.29, 0.717) is 18.4 Å². The van der Waals surface area contributed by atoms with Crippen molar-refractivity contribution >= 4 is 18.2 Å². The Bertz CT molecular complexity index is 1980. The number of likely N-dealkylation sites (N-methyl/N-ethyl adjacent to an activating group) is 2. The second kappa shape index (κ2) is 24.2. The summed E-state index contributed by atoms with van der Waals surface area (Å²) in [6, 6.07) is 16.2. The fraction of sp³-hybridized carbons (Fsp3) is 0.717. The van der Waals surface area contributed by atoms with E-state index in [1.807, 2.05) is 74.2 Å². The van der Waals surface area contributed by atoms with Crippen LogP contribution in [0.4, 0.5) is 9.59 Å². The highest BCUT2D eigenvalue weighted by atomic mass is 16.8. The van der Waals surface area contributed by atoms with Crippen LogP contribution in [0.1, 0.15) is 112 Å². The van der Waals surface area contributed by atoms with Crippen LogP contribution in [0.25, 0.3) is 0 Å². The SMILES string of the molecule is CC[C@H]1OC(=O)[C@H](C)[C@@H](O[C@@H]2CC[C@](C)(OC)[C@H](O)[C@H]2C)[C@H](C)[C@@H](O[C@@H]2O[C@H](C)C[C@@H](N(C)C(=O)OCc3ccccc3)[C@H]2OC(=O)OCc2ccccc2)[C@](C)(O)C[C@@H](C)N(C)[C@H](C)[C@@H](O)[C@]1(C)O. The van der Waals surface area contributed by atoms with Crippen LogP contribution < -0.4 is 0 Å². The van der Waals surface area contributed by atoms with E-state index in [2.05, 4.69) is 0 Å². The number of esters is 1. The second-order valence-corrected chi connectivity index (χ2v) is 20.9. The Morgan fingerprint density at radius 3 is 2.00 bits per heavy atom. The lowest BCUT2D eigenvalue weighted by atomic mass is 9.74. The van der Waals surface area contributed by atoms with Gasteiger partial charge in [0.05, 0.1) is 53.7 Å². The van der Waals surface area contributed by atoms with Crippen LogP contribution in [0.3, 0.4) is 0 Å². The van der Waals surface area contributed by atoms with Gasteiger partial charge in [0.1, 0.15) is 31.0 Å². The zero-order valence-corrected chi connectivity index (χ0v) is 43.6. The molecule has 0 aromatic heterocycles. The van der Waals surface area contributed by atoms with Crippen LogP contribution in [0.5, 0.6) is 0 Å². The molecule has 2 aliphatic heterocycles. The number of aliphatic hydroxyl groups is 4. The molecule has 394 valence electrons. The molecule has 0 unspecified atom stereocenters. The van der Waals surface area contributed by atoms with E-state index in [0.717, 1.165) is 5.56 Å². The van der Waals surface area contributed by atoms with Gasteiger partial charge in [-0.05, 0) is 98.7 Å². The van der Waals surface area contributed by atoms with Crippen LogP contribution in [0, 0.1) is 17.8 Å². The normalized spacial score (nSPS) is 39.2. The van der Waals surface area contributed by atoms with Crippen molar-refractivity contribution in [3.8, 4) is 0 Å². The lowest BCUT2D eigenvalue weighted by molar-refractivity contribution is -0.303. The Morgan fingerprint density at radius 1 is 0.843 bits per heavy atom. The minimum Gasteiger partial charge on any atom is -0.459 e. The number of hydrogen-bond donors (Lipinski definition) is 4. The fourth-order valence-corrected chi connectivity index (χ4v) is 10.7. The smallest absolute Gasteiger partial charge is 0.459 e. The van der Waals surface area contributed by atoms with E-state index in [-0.39, 0.29) is 32.5 Å². The number of rotatable bonds is 12. The number of carbonyl (C=O) groups excluding carboxylic acids is 3. The summed E-state index contributed by atoms with van der Waals surface area (Å²) in [4.78, 5) is 45.4. The molecule has 17 nitrogen and oxygen atoms in total. The van der Waals surface area contributed by atoms with Gasteiger partial charge in [0.15, 0.2) is 12.4 Å². The topological polar surface area (TPSA) is 212 Å². The zero-order valence-electron chi connectivity index (χ0n) is 43.6. The molecular weight excluding hydrogens is 905 g/mol. The van der Waals surface area contributed by atoms with E-state index in [1.165, 1.54) is 11.8 Å². The monoisotopic (exact) mass is 987 g/mol. The van der Waals surface area contributed by atoms with Gasteiger partial charge in [-0.2, -0.15) is 0 Å². The summed E-state index contributed by atoms with van der Waals surface area (Å²) in [5, 5.41) is 48.3. The number of ether oxygens (including phenoxy) is 8. The fourth-order valence-electron chi connectivity index (χ4n) is 10.7. The van der Waals surface area contributed by atoms with Gasteiger partial charge in [-0.3, -0.25) is 9.69 Å². The lowest BCUT2D eigenvalue weighted by Crippen LogP contribution is -2.63. The molecule has 3 aliphatic rings. The average Bonchev–Trinajstić information content (AvgIpc) is 3.34. The number of amides is 1. The van der Waals surface area contributed by atoms with E-state index in [1.54, 1.807) is 74.9 Å². The largest absolute Gasteiger partial charge is 0.509 e. The van der Waals surface area contributed by atoms with Gasteiger partial charge in [0.2, 0.25) is 0 Å². The van der Waals surface area contributed by atoms with E-state index in [9.17, 15) is 34.8 Å². The predicted molar refractivity (Wildman–Crippen MR) is 259 cm³/mol. The number of cyclic esters (lactones) is 1. The number of methoxy groups -OCH3 is 1. The van der Waals surface area contributed by atoms with Gasteiger partial charge in [0.25, 0.3) is 0 Å². The molecule has 0 spiro atoms. The van der Waals surface area contributed by atoms with Crippen molar-refractivity contribution in [3.05, 3.63) is 71.8 Å². The van der Waals surface area contributed by atoms with E-state index in [4.69, 9.17) is 37.9 Å². The summed E-state index contributed by atoms with van der Waals surface area (Å²) in [6.07, 6.45) is -10.3. The zero-order chi connectivity index (χ0) is 51.9. The molecular formula is C53H82N2O15. The van der Waals surface area contributed by atoms with Gasteiger partial charge in [-0.25, -0.2) is 9.59 Å². The van der Waals surface area contributed by atoms with Crippen LogP contribution in [-0.2, 0) is 55.9 Å². The van der Waals surface area contributed by atoms with E-state index < -0.39 is 126 Å². The maximum absolute atomic E-state index is 14.6.